The molecule has 1 atom stereocenters. The summed E-state index contributed by atoms with van der Waals surface area (Å²) in [7, 11) is 0.738. The summed E-state index contributed by atoms with van der Waals surface area (Å²) in [6.07, 6.45) is -0.732. The van der Waals surface area contributed by atoms with Gasteiger partial charge in [0.05, 0.1) is 7.11 Å². The van der Waals surface area contributed by atoms with Gasteiger partial charge in [0.15, 0.2) is 0 Å². The van der Waals surface area contributed by atoms with Crippen LogP contribution in [-0.2, 0) is 20.9 Å². The fraction of sp³-hybridized carbons (Fsp3) is 0.294. The Morgan fingerprint density at radius 3 is 2.36 bits per heavy atom. The number of carbonyl (C=O) groups excluding carboxylic acids is 2. The highest BCUT2D eigenvalue weighted by Gasteiger charge is 2.66. The molecule has 1 aromatic rings. The van der Waals surface area contributed by atoms with Crippen molar-refractivity contribution in [3.8, 4) is 12.3 Å². The molecule has 0 aliphatic carbocycles. The van der Waals surface area contributed by atoms with Gasteiger partial charge in [-0.2, -0.15) is 13.2 Å². The first-order valence-corrected chi connectivity index (χ1v) is 6.96. The maximum Gasteiger partial charge on any atom is 0.434 e. The topological polar surface area (TPSA) is 55.8 Å². The van der Waals surface area contributed by atoms with Crippen molar-refractivity contribution in [1.82, 2.24) is 4.90 Å². The van der Waals surface area contributed by atoms with Crippen LogP contribution < -0.4 is 0 Å². The molecule has 0 fully saturated rings. The van der Waals surface area contributed by atoms with Gasteiger partial charge in [-0.1, -0.05) is 42.3 Å². The average Bonchev–Trinajstić information content (AvgIpc) is 2.59. The minimum atomic E-state index is -5.29. The fourth-order valence-electron chi connectivity index (χ4n) is 2.02. The molecule has 1 rings (SSSR count). The Morgan fingerprint density at radius 2 is 1.92 bits per heavy atom. The van der Waals surface area contributed by atoms with Gasteiger partial charge in [0.25, 0.3) is 0 Å². The summed E-state index contributed by atoms with van der Waals surface area (Å²) in [6.45, 7) is 2.31. The van der Waals surface area contributed by atoms with Gasteiger partial charge in [-0.05, 0) is 5.56 Å². The lowest BCUT2D eigenvalue weighted by Gasteiger charge is -2.37. The van der Waals surface area contributed by atoms with E-state index in [1.54, 1.807) is 30.3 Å². The van der Waals surface area contributed by atoms with Gasteiger partial charge >= 0.3 is 23.8 Å². The Hall–Kier alpha value is -2.95. The van der Waals surface area contributed by atoms with Crippen molar-refractivity contribution >= 4 is 12.1 Å². The summed E-state index contributed by atoms with van der Waals surface area (Å²) >= 11 is 0. The molecule has 8 heteroatoms. The number of terminal acetylenes is 1. The van der Waals surface area contributed by atoms with E-state index in [0.717, 1.165) is 13.2 Å². The molecule has 0 aliphatic rings. The molecule has 1 amide bonds. The third kappa shape index (κ3) is 4.12. The van der Waals surface area contributed by atoms with E-state index in [1.807, 2.05) is 0 Å². The van der Waals surface area contributed by atoms with Crippen molar-refractivity contribution < 1.29 is 32.2 Å². The Labute approximate surface area is 143 Å². The van der Waals surface area contributed by atoms with Crippen LogP contribution in [0.25, 0.3) is 0 Å². The molecule has 0 aliphatic heterocycles. The third-order valence-electron chi connectivity index (χ3n) is 3.24. The lowest BCUT2D eigenvalue weighted by atomic mass is 9.97. The molecule has 0 heterocycles. The van der Waals surface area contributed by atoms with E-state index in [2.05, 4.69) is 11.3 Å². The van der Waals surface area contributed by atoms with Crippen molar-refractivity contribution in [3.63, 3.8) is 0 Å². The first-order valence-electron chi connectivity index (χ1n) is 6.96. The van der Waals surface area contributed by atoms with Crippen LogP contribution in [0, 0.1) is 12.3 Å². The summed E-state index contributed by atoms with van der Waals surface area (Å²) in [5.41, 5.74) is -3.07. The number of halogens is 3. The summed E-state index contributed by atoms with van der Waals surface area (Å²) in [5, 5.41) is 0. The van der Waals surface area contributed by atoms with E-state index in [0.29, 0.717) is 5.56 Å². The van der Waals surface area contributed by atoms with Crippen LogP contribution in [-0.4, -0.2) is 42.3 Å². The number of hydrogen-bond acceptors (Lipinski definition) is 4. The molecule has 0 N–H and O–H groups in total. The molecule has 0 aromatic heterocycles. The van der Waals surface area contributed by atoms with Crippen LogP contribution >= 0.6 is 0 Å². The van der Waals surface area contributed by atoms with E-state index in [4.69, 9.17) is 11.2 Å². The Balaban J connectivity index is 3.20. The first kappa shape index (κ1) is 20.1. The number of benzene rings is 1. The summed E-state index contributed by atoms with van der Waals surface area (Å²) in [4.78, 5) is 24.1. The molecule has 0 bridgehead atoms. The van der Waals surface area contributed by atoms with Gasteiger partial charge in [-0.25, -0.2) is 9.59 Å². The number of nitrogens with zero attached hydrogens (tertiary/aromatic N) is 1. The molecule has 0 saturated heterocycles. The van der Waals surface area contributed by atoms with Crippen molar-refractivity contribution in [2.24, 2.45) is 0 Å². The normalized spacial score (nSPS) is 13.1. The second-order valence-corrected chi connectivity index (χ2v) is 4.78. The molecule has 5 nitrogen and oxygen atoms in total. The lowest BCUT2D eigenvalue weighted by Crippen LogP contribution is -2.65. The molecular formula is C17H16F3NO4. The largest absolute Gasteiger partial charge is 0.466 e. The highest BCUT2D eigenvalue weighted by Crippen LogP contribution is 2.37. The maximum atomic E-state index is 13.6. The zero-order valence-electron chi connectivity index (χ0n) is 13.4. The number of hydrogen-bond donors (Lipinski definition) is 0. The number of rotatable bonds is 6. The second kappa shape index (κ2) is 8.24. The van der Waals surface area contributed by atoms with Crippen molar-refractivity contribution in [1.29, 1.82) is 0 Å². The van der Waals surface area contributed by atoms with Crippen LogP contribution in [0.2, 0.25) is 0 Å². The molecule has 1 aromatic carbocycles. The molecule has 25 heavy (non-hydrogen) atoms. The van der Waals surface area contributed by atoms with Crippen LogP contribution in [0.5, 0.6) is 0 Å². The van der Waals surface area contributed by atoms with E-state index >= 15 is 0 Å². The fourth-order valence-corrected chi connectivity index (χ4v) is 2.02. The Kier molecular flexibility index (Phi) is 6.62. The van der Waals surface area contributed by atoms with Gasteiger partial charge in [0.2, 0.25) is 0 Å². The van der Waals surface area contributed by atoms with Crippen LogP contribution in [0.4, 0.5) is 18.0 Å². The number of alkyl halides is 3. The molecule has 134 valence electrons. The maximum absolute atomic E-state index is 13.6. The monoisotopic (exact) mass is 355 g/mol. The predicted octanol–water partition coefficient (Wildman–Crippen LogP) is 2.92. The third-order valence-corrected chi connectivity index (χ3v) is 3.24. The minimum Gasteiger partial charge on any atom is -0.466 e. The van der Waals surface area contributed by atoms with E-state index in [1.165, 1.54) is 5.92 Å². The molecular weight excluding hydrogens is 339 g/mol. The van der Waals surface area contributed by atoms with E-state index < -0.39 is 30.3 Å². The number of ether oxygens (including phenoxy) is 2. The van der Waals surface area contributed by atoms with Gasteiger partial charge < -0.3 is 9.47 Å². The zero-order chi connectivity index (χ0) is 19.1. The van der Waals surface area contributed by atoms with E-state index in [9.17, 15) is 22.8 Å². The molecule has 0 spiro atoms. The van der Waals surface area contributed by atoms with Crippen molar-refractivity contribution in [3.05, 3.63) is 48.6 Å². The van der Waals surface area contributed by atoms with Gasteiger partial charge in [0.1, 0.15) is 6.61 Å². The second-order valence-electron chi connectivity index (χ2n) is 4.78. The summed E-state index contributed by atoms with van der Waals surface area (Å²) < 4.78 is 49.8. The number of methoxy groups -OCH3 is 1. The Bertz CT molecular complexity index is 667. The van der Waals surface area contributed by atoms with E-state index in [-0.39, 0.29) is 11.5 Å². The van der Waals surface area contributed by atoms with Crippen LogP contribution in [0.3, 0.4) is 0 Å². The van der Waals surface area contributed by atoms with Gasteiger partial charge in [-0.3, -0.25) is 4.90 Å². The predicted molar refractivity (Wildman–Crippen MR) is 83.2 cm³/mol. The lowest BCUT2D eigenvalue weighted by molar-refractivity contribution is -0.217. The first-order chi connectivity index (χ1) is 11.7. The van der Waals surface area contributed by atoms with Crippen LogP contribution in [0.15, 0.2) is 43.0 Å². The minimum absolute atomic E-state index is 0.0643. The molecule has 0 radical (unpaired) electrons. The molecule has 0 saturated carbocycles. The quantitative estimate of drug-likeness (QED) is 0.447. The smallest absolute Gasteiger partial charge is 0.434 e. The Morgan fingerprint density at radius 1 is 1.32 bits per heavy atom. The average molecular weight is 355 g/mol. The number of amides is 1. The standard InChI is InChI=1S/C17H16F3NO4/c1-4-11-21(15(23)25-12-13-9-7-6-8-10-13)16(5-2,14(22)24-3)17(18,19)20/h2,4,6-10H,1,11-12H2,3H3. The highest BCUT2D eigenvalue weighted by molar-refractivity contribution is 5.90. The highest BCUT2D eigenvalue weighted by atomic mass is 19.4. The van der Waals surface area contributed by atoms with Crippen molar-refractivity contribution in [2.75, 3.05) is 13.7 Å². The number of carbonyl (C=O) groups is 2. The summed E-state index contributed by atoms with van der Waals surface area (Å²) in [6, 6.07) is 8.29. The summed E-state index contributed by atoms with van der Waals surface area (Å²) in [5.74, 6) is -0.471. The number of esters is 1. The SMILES string of the molecule is C#CC(C(=O)OC)(N(CC=C)C(=O)OCc1ccccc1)C(F)(F)F. The van der Waals surface area contributed by atoms with Crippen molar-refractivity contribution in [2.45, 2.75) is 18.3 Å². The van der Waals surface area contributed by atoms with Gasteiger partial charge in [-0.15, -0.1) is 13.0 Å². The van der Waals surface area contributed by atoms with Gasteiger partial charge in [0, 0.05) is 6.54 Å². The van der Waals surface area contributed by atoms with Crippen LogP contribution in [0.1, 0.15) is 5.56 Å². The molecule has 1 unspecified atom stereocenters. The zero-order valence-corrected chi connectivity index (χ0v) is 13.4.